The van der Waals surface area contributed by atoms with Gasteiger partial charge in [0.1, 0.15) is 0 Å². The average molecular weight is 331 g/mol. The minimum atomic E-state index is -0.848. The number of nitrogens with one attached hydrogen (secondary N) is 1. The Hall–Kier alpha value is -1.20. The van der Waals surface area contributed by atoms with E-state index in [4.69, 9.17) is 5.73 Å². The molecule has 3 rings (SSSR count). The Morgan fingerprint density at radius 3 is 2.45 bits per heavy atom. The number of rotatable bonds is 3. The molecule has 122 valence electrons. The minimum Gasteiger partial charge on any atom is -0.353 e. The van der Waals surface area contributed by atoms with Gasteiger partial charge < -0.3 is 11.1 Å². The van der Waals surface area contributed by atoms with E-state index in [9.17, 15) is 13.6 Å². The van der Waals surface area contributed by atoms with Gasteiger partial charge in [-0.1, -0.05) is 6.07 Å². The van der Waals surface area contributed by atoms with Crippen LogP contribution in [-0.2, 0) is 4.79 Å². The number of amides is 1. The molecule has 22 heavy (non-hydrogen) atoms. The Balaban J connectivity index is 0.00000176. The van der Waals surface area contributed by atoms with Crippen LogP contribution in [-0.4, -0.2) is 18.0 Å². The predicted octanol–water partition coefficient (Wildman–Crippen LogP) is 2.88. The third kappa shape index (κ3) is 3.76. The zero-order chi connectivity index (χ0) is 15.0. The minimum absolute atomic E-state index is 0. The first-order valence-corrected chi connectivity index (χ1v) is 7.55. The van der Waals surface area contributed by atoms with Crippen molar-refractivity contribution in [3.8, 4) is 0 Å². The molecule has 1 amide bonds. The van der Waals surface area contributed by atoms with Crippen molar-refractivity contribution in [2.75, 3.05) is 0 Å². The summed E-state index contributed by atoms with van der Waals surface area (Å²) in [6.45, 7) is 0. The van der Waals surface area contributed by atoms with Gasteiger partial charge in [0, 0.05) is 18.0 Å². The topological polar surface area (TPSA) is 55.1 Å². The molecule has 3 nitrogen and oxygen atoms in total. The second-order valence-electron chi connectivity index (χ2n) is 6.24. The first-order chi connectivity index (χ1) is 10.0. The molecule has 2 fully saturated rings. The van der Waals surface area contributed by atoms with Crippen molar-refractivity contribution in [2.45, 2.75) is 50.1 Å². The highest BCUT2D eigenvalue weighted by molar-refractivity contribution is 5.85. The summed E-state index contributed by atoms with van der Waals surface area (Å²) in [6.07, 6.45) is 4.46. The fourth-order valence-electron chi connectivity index (χ4n) is 3.17. The van der Waals surface area contributed by atoms with E-state index in [2.05, 4.69) is 5.32 Å². The zero-order valence-corrected chi connectivity index (χ0v) is 13.0. The van der Waals surface area contributed by atoms with Gasteiger partial charge in [0.2, 0.25) is 5.91 Å². The van der Waals surface area contributed by atoms with E-state index < -0.39 is 11.6 Å². The lowest BCUT2D eigenvalue weighted by molar-refractivity contribution is -0.123. The number of carbonyl (C=O) groups is 1. The van der Waals surface area contributed by atoms with Crippen LogP contribution < -0.4 is 11.1 Å². The van der Waals surface area contributed by atoms with Gasteiger partial charge in [-0.3, -0.25) is 4.79 Å². The van der Waals surface area contributed by atoms with Gasteiger partial charge in [-0.05, 0) is 55.7 Å². The summed E-state index contributed by atoms with van der Waals surface area (Å²) in [4.78, 5) is 12.2. The molecule has 6 heteroatoms. The molecular weight excluding hydrogens is 310 g/mol. The van der Waals surface area contributed by atoms with Crippen molar-refractivity contribution >= 4 is 18.3 Å². The van der Waals surface area contributed by atoms with Gasteiger partial charge >= 0.3 is 0 Å². The lowest BCUT2D eigenvalue weighted by Gasteiger charge is -2.26. The van der Waals surface area contributed by atoms with Crippen LogP contribution in [0.5, 0.6) is 0 Å². The molecule has 0 bridgehead atoms. The van der Waals surface area contributed by atoms with Crippen molar-refractivity contribution in [2.24, 2.45) is 11.7 Å². The third-order valence-corrected chi connectivity index (χ3v) is 4.62. The molecule has 2 aliphatic rings. The van der Waals surface area contributed by atoms with Crippen LogP contribution in [0.25, 0.3) is 0 Å². The molecular formula is C16H21ClF2N2O. The largest absolute Gasteiger partial charge is 0.353 e. The Morgan fingerprint density at radius 1 is 1.14 bits per heavy atom. The summed E-state index contributed by atoms with van der Waals surface area (Å²) in [7, 11) is 0. The lowest BCUT2D eigenvalue weighted by atomic mass is 9.91. The number of nitrogens with two attached hydrogens (primary N) is 1. The fraction of sp³-hybridized carbons (Fsp3) is 0.562. The van der Waals surface area contributed by atoms with Crippen molar-refractivity contribution in [1.29, 1.82) is 0 Å². The first kappa shape index (κ1) is 17.2. The summed E-state index contributed by atoms with van der Waals surface area (Å²) >= 11 is 0. The van der Waals surface area contributed by atoms with E-state index in [-0.39, 0.29) is 42.2 Å². The molecule has 0 saturated heterocycles. The number of halogens is 3. The van der Waals surface area contributed by atoms with Crippen LogP contribution in [0.15, 0.2) is 18.2 Å². The summed E-state index contributed by atoms with van der Waals surface area (Å²) in [5, 5.41) is 3.06. The van der Waals surface area contributed by atoms with E-state index in [1.54, 1.807) is 6.07 Å². The molecule has 3 N–H and O–H groups in total. The normalized spacial score (nSPS) is 30.3. The van der Waals surface area contributed by atoms with E-state index >= 15 is 0 Å². The van der Waals surface area contributed by atoms with E-state index in [0.717, 1.165) is 31.7 Å². The van der Waals surface area contributed by atoms with E-state index in [0.29, 0.717) is 12.0 Å². The molecule has 2 saturated carbocycles. The number of carbonyl (C=O) groups excluding carboxylic acids is 1. The van der Waals surface area contributed by atoms with Crippen LogP contribution in [0.1, 0.15) is 43.6 Å². The van der Waals surface area contributed by atoms with Gasteiger partial charge in [-0.25, -0.2) is 8.78 Å². The quantitative estimate of drug-likeness (QED) is 0.895. The lowest BCUT2D eigenvalue weighted by Crippen LogP contribution is -2.41. The highest BCUT2D eigenvalue weighted by Gasteiger charge is 2.44. The maximum absolute atomic E-state index is 13.2. The summed E-state index contributed by atoms with van der Waals surface area (Å²) in [5.74, 6) is -1.75. The van der Waals surface area contributed by atoms with Crippen LogP contribution in [0.2, 0.25) is 0 Å². The molecule has 0 radical (unpaired) electrons. The Bertz CT molecular complexity index is 547. The number of hydrogen-bond acceptors (Lipinski definition) is 2. The zero-order valence-electron chi connectivity index (χ0n) is 12.2. The summed E-state index contributed by atoms with van der Waals surface area (Å²) in [5.41, 5.74) is 6.55. The highest BCUT2D eigenvalue weighted by Crippen LogP contribution is 2.47. The van der Waals surface area contributed by atoms with Crippen LogP contribution in [0, 0.1) is 17.6 Å². The van der Waals surface area contributed by atoms with Crippen molar-refractivity contribution < 1.29 is 13.6 Å². The first-order valence-electron chi connectivity index (χ1n) is 7.55. The SMILES string of the molecule is Cl.NC1CCC(NC(=O)C2CC2c2ccc(F)c(F)c2)CC1. The number of benzene rings is 1. The molecule has 0 spiro atoms. The summed E-state index contributed by atoms with van der Waals surface area (Å²) in [6, 6.07) is 4.36. The van der Waals surface area contributed by atoms with Gasteiger partial charge in [0.25, 0.3) is 0 Å². The van der Waals surface area contributed by atoms with E-state index in [1.165, 1.54) is 6.07 Å². The molecule has 1 aromatic carbocycles. The number of hydrogen-bond donors (Lipinski definition) is 2. The maximum atomic E-state index is 13.2. The van der Waals surface area contributed by atoms with Gasteiger partial charge in [-0.2, -0.15) is 0 Å². The molecule has 0 heterocycles. The third-order valence-electron chi connectivity index (χ3n) is 4.62. The predicted molar refractivity (Wildman–Crippen MR) is 82.8 cm³/mol. The standard InChI is InChI=1S/C16H20F2N2O.ClH/c17-14-6-1-9(7-15(14)18)12-8-13(12)16(21)20-11-4-2-10(19)3-5-11;/h1,6-7,10-13H,2-5,8,19H2,(H,20,21);1H. The second kappa shape index (κ2) is 6.92. The Morgan fingerprint density at radius 2 is 1.82 bits per heavy atom. The Labute approximate surface area is 135 Å². The van der Waals surface area contributed by atoms with Gasteiger partial charge in [0.15, 0.2) is 11.6 Å². The average Bonchev–Trinajstić information content (AvgIpc) is 3.25. The molecule has 2 aliphatic carbocycles. The summed E-state index contributed by atoms with van der Waals surface area (Å²) < 4.78 is 26.1. The van der Waals surface area contributed by atoms with Crippen LogP contribution >= 0.6 is 12.4 Å². The highest BCUT2D eigenvalue weighted by atomic mass is 35.5. The second-order valence-corrected chi connectivity index (χ2v) is 6.24. The van der Waals surface area contributed by atoms with Crippen LogP contribution in [0.3, 0.4) is 0 Å². The van der Waals surface area contributed by atoms with Gasteiger partial charge in [-0.15, -0.1) is 12.4 Å². The molecule has 1 aromatic rings. The smallest absolute Gasteiger partial charge is 0.223 e. The molecule has 2 unspecified atom stereocenters. The molecule has 0 aliphatic heterocycles. The Kier molecular flexibility index (Phi) is 5.40. The monoisotopic (exact) mass is 330 g/mol. The van der Waals surface area contributed by atoms with E-state index in [1.807, 2.05) is 0 Å². The van der Waals surface area contributed by atoms with Crippen molar-refractivity contribution in [1.82, 2.24) is 5.32 Å². The van der Waals surface area contributed by atoms with Crippen LogP contribution in [0.4, 0.5) is 8.78 Å². The van der Waals surface area contributed by atoms with Crippen molar-refractivity contribution in [3.05, 3.63) is 35.4 Å². The molecule has 0 aromatic heterocycles. The van der Waals surface area contributed by atoms with Crippen molar-refractivity contribution in [3.63, 3.8) is 0 Å². The van der Waals surface area contributed by atoms with Gasteiger partial charge in [0.05, 0.1) is 0 Å². The molecule has 2 atom stereocenters. The fourth-order valence-corrected chi connectivity index (χ4v) is 3.17. The maximum Gasteiger partial charge on any atom is 0.223 e.